The Balaban J connectivity index is 1.51. The SMILES string of the molecule is CCN(CC)CCCNc1ncc2cc(-c3cc(C(=O)Nc4cccc(C(F)(F)F)c4C)ccc3C)ccc2n1. The Morgan fingerprint density at radius 3 is 2.50 bits per heavy atom. The molecule has 4 rings (SSSR count). The van der Waals surface area contributed by atoms with E-state index in [-0.39, 0.29) is 11.3 Å². The number of alkyl halides is 3. The predicted molar refractivity (Wildman–Crippen MR) is 155 cm³/mol. The van der Waals surface area contributed by atoms with Gasteiger partial charge >= 0.3 is 6.18 Å². The molecule has 0 bridgehead atoms. The number of hydrogen-bond acceptors (Lipinski definition) is 5. The fourth-order valence-electron chi connectivity index (χ4n) is 4.68. The number of carbonyl (C=O) groups is 1. The lowest BCUT2D eigenvalue weighted by molar-refractivity contribution is -0.138. The van der Waals surface area contributed by atoms with Crippen molar-refractivity contribution in [1.29, 1.82) is 0 Å². The fraction of sp³-hybridized carbons (Fsp3) is 0.323. The van der Waals surface area contributed by atoms with E-state index in [0.29, 0.717) is 11.5 Å². The number of aryl methyl sites for hydroxylation is 1. The number of nitrogens with one attached hydrogen (secondary N) is 2. The number of amides is 1. The molecule has 3 aromatic carbocycles. The van der Waals surface area contributed by atoms with Gasteiger partial charge in [-0.1, -0.05) is 32.0 Å². The number of hydrogen-bond donors (Lipinski definition) is 2. The minimum Gasteiger partial charge on any atom is -0.354 e. The van der Waals surface area contributed by atoms with Crippen molar-refractivity contribution in [3.8, 4) is 11.1 Å². The summed E-state index contributed by atoms with van der Waals surface area (Å²) in [6.45, 7) is 11.5. The molecule has 0 aliphatic carbocycles. The maximum absolute atomic E-state index is 13.3. The molecule has 0 unspecified atom stereocenters. The van der Waals surface area contributed by atoms with Gasteiger partial charge < -0.3 is 15.5 Å². The molecule has 0 atom stereocenters. The summed E-state index contributed by atoms with van der Waals surface area (Å²) in [6, 6.07) is 14.8. The van der Waals surface area contributed by atoms with Gasteiger partial charge in [0.1, 0.15) is 0 Å². The second kappa shape index (κ2) is 12.5. The van der Waals surface area contributed by atoms with E-state index in [4.69, 9.17) is 0 Å². The Morgan fingerprint density at radius 1 is 1.00 bits per heavy atom. The lowest BCUT2D eigenvalue weighted by Gasteiger charge is -2.17. The molecule has 0 fully saturated rings. The van der Waals surface area contributed by atoms with E-state index in [1.165, 1.54) is 19.1 Å². The van der Waals surface area contributed by atoms with Crippen molar-refractivity contribution >= 4 is 28.4 Å². The summed E-state index contributed by atoms with van der Waals surface area (Å²) in [5, 5.41) is 6.79. The molecule has 0 saturated heterocycles. The van der Waals surface area contributed by atoms with Gasteiger partial charge in [0.25, 0.3) is 5.91 Å². The van der Waals surface area contributed by atoms with Gasteiger partial charge in [-0.3, -0.25) is 4.79 Å². The first kappa shape index (κ1) is 29.0. The van der Waals surface area contributed by atoms with Crippen LogP contribution in [-0.2, 0) is 6.18 Å². The van der Waals surface area contributed by atoms with Crippen LogP contribution in [0.15, 0.2) is 60.8 Å². The Morgan fingerprint density at radius 2 is 1.77 bits per heavy atom. The number of anilines is 2. The number of halogens is 3. The lowest BCUT2D eigenvalue weighted by Crippen LogP contribution is -2.25. The van der Waals surface area contributed by atoms with Gasteiger partial charge in [0.05, 0.1) is 11.1 Å². The Kier molecular flexibility index (Phi) is 9.04. The standard InChI is InChI=1S/C31H34F3N5O/c1-5-39(6-2)16-8-15-35-30-36-19-24-17-22(13-14-28(24)38-30)25-18-23(12-11-20(25)3)29(40)37-27-10-7-9-26(21(27)4)31(32,33)34/h7,9-14,17-19H,5-6,8,15-16H2,1-4H3,(H,37,40)(H,35,36,38). The summed E-state index contributed by atoms with van der Waals surface area (Å²) in [7, 11) is 0. The Hall–Kier alpha value is -3.98. The molecule has 1 heterocycles. The molecule has 0 aliphatic heterocycles. The van der Waals surface area contributed by atoms with Gasteiger partial charge in [0.15, 0.2) is 0 Å². The number of rotatable bonds is 10. The normalized spacial score (nSPS) is 11.7. The molecule has 1 amide bonds. The minimum absolute atomic E-state index is 0.0250. The number of nitrogens with zero attached hydrogens (tertiary/aromatic N) is 3. The van der Waals surface area contributed by atoms with E-state index in [1.807, 2.05) is 31.2 Å². The zero-order chi connectivity index (χ0) is 28.9. The van der Waals surface area contributed by atoms with Gasteiger partial charge in [0, 0.05) is 29.4 Å². The highest BCUT2D eigenvalue weighted by atomic mass is 19.4. The molecule has 0 aliphatic rings. The van der Waals surface area contributed by atoms with Gasteiger partial charge in [-0.05, 0) is 98.6 Å². The van der Waals surface area contributed by atoms with Crippen LogP contribution in [0.5, 0.6) is 0 Å². The fourth-order valence-corrected chi connectivity index (χ4v) is 4.68. The summed E-state index contributed by atoms with van der Waals surface area (Å²) in [4.78, 5) is 24.5. The van der Waals surface area contributed by atoms with E-state index >= 15 is 0 Å². The Bertz CT molecular complexity index is 1500. The second-order valence-electron chi connectivity index (χ2n) is 9.73. The Labute approximate surface area is 232 Å². The van der Waals surface area contributed by atoms with E-state index in [2.05, 4.69) is 39.3 Å². The summed E-state index contributed by atoms with van der Waals surface area (Å²) in [5.74, 6) is 0.101. The molecule has 2 N–H and O–H groups in total. The van der Waals surface area contributed by atoms with Gasteiger partial charge in [-0.15, -0.1) is 0 Å². The topological polar surface area (TPSA) is 70.2 Å². The maximum atomic E-state index is 13.3. The van der Waals surface area contributed by atoms with Crippen LogP contribution in [0.2, 0.25) is 0 Å². The average molecular weight is 550 g/mol. The molecule has 9 heteroatoms. The van der Waals surface area contributed by atoms with Crippen molar-refractivity contribution in [2.24, 2.45) is 0 Å². The lowest BCUT2D eigenvalue weighted by atomic mass is 9.96. The number of benzene rings is 3. The summed E-state index contributed by atoms with van der Waals surface area (Å²) in [5.41, 5.74) is 3.16. The molecule has 210 valence electrons. The van der Waals surface area contributed by atoms with Gasteiger partial charge in [-0.2, -0.15) is 13.2 Å². The molecule has 0 spiro atoms. The largest absolute Gasteiger partial charge is 0.416 e. The summed E-state index contributed by atoms with van der Waals surface area (Å²) in [6.07, 6.45) is -1.72. The molecular weight excluding hydrogens is 515 g/mol. The van der Waals surface area contributed by atoms with Crippen molar-refractivity contribution < 1.29 is 18.0 Å². The minimum atomic E-state index is -4.50. The van der Waals surface area contributed by atoms with Crippen LogP contribution in [0.25, 0.3) is 22.0 Å². The summed E-state index contributed by atoms with van der Waals surface area (Å²) < 4.78 is 39.9. The smallest absolute Gasteiger partial charge is 0.354 e. The quantitative estimate of drug-likeness (QED) is 0.203. The van der Waals surface area contributed by atoms with Crippen molar-refractivity contribution in [2.45, 2.75) is 40.3 Å². The first-order valence-electron chi connectivity index (χ1n) is 13.4. The third kappa shape index (κ3) is 6.77. The van der Waals surface area contributed by atoms with Gasteiger partial charge in [0.2, 0.25) is 5.95 Å². The van der Waals surface area contributed by atoms with Crippen LogP contribution in [0.1, 0.15) is 47.3 Å². The van der Waals surface area contributed by atoms with Crippen LogP contribution in [0.3, 0.4) is 0 Å². The zero-order valence-corrected chi connectivity index (χ0v) is 23.2. The van der Waals surface area contributed by atoms with Gasteiger partial charge in [-0.25, -0.2) is 9.97 Å². The molecule has 0 saturated carbocycles. The van der Waals surface area contributed by atoms with Crippen molar-refractivity contribution in [3.05, 3.63) is 83.0 Å². The van der Waals surface area contributed by atoms with Crippen LogP contribution >= 0.6 is 0 Å². The highest BCUT2D eigenvalue weighted by Crippen LogP contribution is 2.35. The highest BCUT2D eigenvalue weighted by molar-refractivity contribution is 6.05. The van der Waals surface area contributed by atoms with E-state index in [1.54, 1.807) is 18.3 Å². The zero-order valence-electron chi connectivity index (χ0n) is 23.2. The van der Waals surface area contributed by atoms with Crippen LogP contribution in [0.4, 0.5) is 24.8 Å². The van der Waals surface area contributed by atoms with Crippen LogP contribution in [0, 0.1) is 13.8 Å². The van der Waals surface area contributed by atoms with E-state index < -0.39 is 17.6 Å². The maximum Gasteiger partial charge on any atom is 0.416 e. The third-order valence-electron chi connectivity index (χ3n) is 7.11. The molecular formula is C31H34F3N5O. The molecule has 6 nitrogen and oxygen atoms in total. The van der Waals surface area contributed by atoms with Crippen molar-refractivity contribution in [2.75, 3.05) is 36.8 Å². The summed E-state index contributed by atoms with van der Waals surface area (Å²) >= 11 is 0. The molecule has 4 aromatic rings. The van der Waals surface area contributed by atoms with E-state index in [9.17, 15) is 18.0 Å². The van der Waals surface area contributed by atoms with Crippen molar-refractivity contribution in [3.63, 3.8) is 0 Å². The highest BCUT2D eigenvalue weighted by Gasteiger charge is 2.33. The molecule has 0 radical (unpaired) electrons. The predicted octanol–water partition coefficient (Wildman–Crippen LogP) is 7.33. The second-order valence-corrected chi connectivity index (χ2v) is 9.73. The number of carbonyl (C=O) groups excluding carboxylic acids is 1. The van der Waals surface area contributed by atoms with Crippen molar-refractivity contribution in [1.82, 2.24) is 14.9 Å². The van der Waals surface area contributed by atoms with Crippen LogP contribution < -0.4 is 10.6 Å². The monoisotopic (exact) mass is 549 g/mol. The first-order chi connectivity index (χ1) is 19.1. The van der Waals surface area contributed by atoms with E-state index in [0.717, 1.165) is 66.3 Å². The number of fused-ring (bicyclic) bond motifs is 1. The molecule has 40 heavy (non-hydrogen) atoms. The number of aromatic nitrogens is 2. The average Bonchev–Trinajstić information content (AvgIpc) is 2.93. The first-order valence-corrected chi connectivity index (χ1v) is 13.4. The third-order valence-corrected chi connectivity index (χ3v) is 7.11. The molecule has 1 aromatic heterocycles. The van der Waals surface area contributed by atoms with Crippen LogP contribution in [-0.4, -0.2) is 47.0 Å².